The summed E-state index contributed by atoms with van der Waals surface area (Å²) in [6.07, 6.45) is -2.11. The number of H-pyrrole nitrogens is 1. The van der Waals surface area contributed by atoms with Gasteiger partial charge in [0.15, 0.2) is 0 Å². The Labute approximate surface area is 186 Å². The molecule has 0 spiro atoms. The van der Waals surface area contributed by atoms with Crippen molar-refractivity contribution in [3.8, 4) is 22.5 Å². The molecule has 33 heavy (non-hydrogen) atoms. The number of carbonyl (C=O) groups excluding carboxylic acids is 1. The van der Waals surface area contributed by atoms with Crippen molar-refractivity contribution in [2.45, 2.75) is 38.0 Å². The number of hydrogen-bond donors (Lipinski definition) is 2. The Morgan fingerprint density at radius 3 is 2.58 bits per heavy atom. The first-order valence-electron chi connectivity index (χ1n) is 10.4. The van der Waals surface area contributed by atoms with Gasteiger partial charge in [-0.05, 0) is 38.0 Å². The Balaban J connectivity index is 1.76. The van der Waals surface area contributed by atoms with E-state index in [1.54, 1.807) is 11.0 Å². The summed E-state index contributed by atoms with van der Waals surface area (Å²) in [5.74, 6) is -1.89. The molecule has 1 amide bonds. The highest BCUT2D eigenvalue weighted by Crippen LogP contribution is 2.42. The van der Waals surface area contributed by atoms with Crippen LogP contribution in [0.4, 0.5) is 17.6 Å². The Bertz CT molecular complexity index is 1140. The summed E-state index contributed by atoms with van der Waals surface area (Å²) in [5.41, 5.74) is -0.246. The van der Waals surface area contributed by atoms with Crippen LogP contribution in [0, 0.1) is 5.82 Å². The summed E-state index contributed by atoms with van der Waals surface area (Å²) in [7, 11) is 0. The van der Waals surface area contributed by atoms with Gasteiger partial charge < -0.3 is 10.0 Å². The predicted molar refractivity (Wildman–Crippen MR) is 110 cm³/mol. The van der Waals surface area contributed by atoms with E-state index in [-0.39, 0.29) is 23.1 Å². The number of amides is 1. The molecule has 0 unspecified atom stereocenters. The molecule has 174 valence electrons. The minimum atomic E-state index is -4.85. The van der Waals surface area contributed by atoms with Crippen LogP contribution in [0.1, 0.15) is 36.9 Å². The van der Waals surface area contributed by atoms with Crippen LogP contribution in [-0.4, -0.2) is 55.3 Å². The number of aliphatic hydroxyl groups excluding tert-OH is 1. The van der Waals surface area contributed by atoms with Gasteiger partial charge in [-0.15, -0.1) is 0 Å². The van der Waals surface area contributed by atoms with Crippen molar-refractivity contribution in [2.75, 3.05) is 13.1 Å². The van der Waals surface area contributed by atoms with E-state index in [1.807, 2.05) is 0 Å². The lowest BCUT2D eigenvalue weighted by Gasteiger charge is -2.32. The van der Waals surface area contributed by atoms with Crippen LogP contribution in [0.5, 0.6) is 0 Å². The first-order valence-corrected chi connectivity index (χ1v) is 10.4. The van der Waals surface area contributed by atoms with E-state index in [2.05, 4.69) is 20.2 Å². The van der Waals surface area contributed by atoms with E-state index >= 15 is 0 Å². The number of aromatic nitrogens is 4. The first-order chi connectivity index (χ1) is 15.7. The van der Waals surface area contributed by atoms with Gasteiger partial charge >= 0.3 is 6.18 Å². The van der Waals surface area contributed by atoms with E-state index in [4.69, 9.17) is 0 Å². The topological polar surface area (TPSA) is 95.0 Å². The monoisotopic (exact) mass is 463 g/mol. The molecule has 1 atom stereocenters. The third-order valence-electron chi connectivity index (χ3n) is 5.76. The van der Waals surface area contributed by atoms with Crippen LogP contribution in [0.2, 0.25) is 0 Å². The number of likely N-dealkylation sites (tertiary alicyclic amines) is 1. The number of hydrogen-bond acceptors (Lipinski definition) is 5. The van der Waals surface area contributed by atoms with Gasteiger partial charge in [0.25, 0.3) is 5.91 Å². The lowest BCUT2D eigenvalue weighted by atomic mass is 9.88. The summed E-state index contributed by atoms with van der Waals surface area (Å²) in [5, 5.41) is 16.6. The van der Waals surface area contributed by atoms with Gasteiger partial charge in [0, 0.05) is 42.0 Å². The summed E-state index contributed by atoms with van der Waals surface area (Å²) in [6, 6.07) is 4.65. The third kappa shape index (κ3) is 4.45. The van der Waals surface area contributed by atoms with Gasteiger partial charge in [-0.3, -0.25) is 9.89 Å². The molecular formula is C22H21F4N5O2. The minimum absolute atomic E-state index is 0.0230. The molecule has 3 aromatic rings. The Morgan fingerprint density at radius 2 is 1.97 bits per heavy atom. The third-order valence-corrected chi connectivity index (χ3v) is 5.76. The molecule has 0 saturated carbocycles. The van der Waals surface area contributed by atoms with Crippen molar-refractivity contribution in [1.82, 2.24) is 25.1 Å². The average Bonchev–Trinajstić information content (AvgIpc) is 3.23. The highest BCUT2D eigenvalue weighted by Gasteiger charge is 2.36. The van der Waals surface area contributed by atoms with Crippen molar-refractivity contribution in [2.24, 2.45) is 0 Å². The van der Waals surface area contributed by atoms with Gasteiger partial charge in [0.05, 0.1) is 11.3 Å². The second kappa shape index (κ2) is 8.89. The van der Waals surface area contributed by atoms with Gasteiger partial charge in [-0.2, -0.15) is 18.3 Å². The summed E-state index contributed by atoms with van der Waals surface area (Å²) in [4.78, 5) is 21.7. The van der Waals surface area contributed by atoms with E-state index in [0.717, 1.165) is 6.07 Å². The van der Waals surface area contributed by atoms with E-state index < -0.39 is 23.7 Å². The molecule has 0 bridgehead atoms. The van der Waals surface area contributed by atoms with Crippen LogP contribution in [-0.2, 0) is 11.0 Å². The van der Waals surface area contributed by atoms with Crippen LogP contribution in [0.15, 0.2) is 36.8 Å². The maximum Gasteiger partial charge on any atom is 0.419 e. The standard InChI is InChI=1S/C22H21F4N5O2/c1-12(32)21(33)31-9-6-13(7-10-31)19-17(16-5-8-27-11-28-16)20(30-29-19)14-3-2-4-15(18(14)23)22(24,25)26/h2-5,8,11-13,32H,6-7,9-10H2,1H3,(H,29,30)/t12-/m0/s1. The predicted octanol–water partition coefficient (Wildman–Crippen LogP) is 3.78. The molecule has 1 aromatic carbocycles. The second-order valence-corrected chi connectivity index (χ2v) is 7.90. The molecule has 1 saturated heterocycles. The molecule has 2 N–H and O–H groups in total. The zero-order valence-corrected chi connectivity index (χ0v) is 17.6. The van der Waals surface area contributed by atoms with Gasteiger partial charge in [0.1, 0.15) is 23.9 Å². The number of alkyl halides is 3. The minimum Gasteiger partial charge on any atom is -0.384 e. The fourth-order valence-electron chi connectivity index (χ4n) is 4.13. The molecule has 2 aromatic heterocycles. The van der Waals surface area contributed by atoms with Crippen molar-refractivity contribution >= 4 is 5.91 Å². The van der Waals surface area contributed by atoms with Crippen molar-refractivity contribution in [3.05, 3.63) is 53.9 Å². The van der Waals surface area contributed by atoms with Gasteiger partial charge in [-0.25, -0.2) is 14.4 Å². The quantitative estimate of drug-likeness (QED) is 0.575. The van der Waals surface area contributed by atoms with Crippen LogP contribution in [0.3, 0.4) is 0 Å². The van der Waals surface area contributed by atoms with E-state index in [1.165, 1.54) is 25.5 Å². The maximum atomic E-state index is 14.9. The molecule has 0 aliphatic carbocycles. The first kappa shape index (κ1) is 22.8. The van der Waals surface area contributed by atoms with Crippen molar-refractivity contribution in [3.63, 3.8) is 0 Å². The number of carbonyl (C=O) groups is 1. The molecule has 0 radical (unpaired) electrons. The van der Waals surface area contributed by atoms with Crippen LogP contribution < -0.4 is 0 Å². The number of halogens is 4. The number of aromatic amines is 1. The van der Waals surface area contributed by atoms with Crippen molar-refractivity contribution in [1.29, 1.82) is 0 Å². The average molecular weight is 463 g/mol. The summed E-state index contributed by atoms with van der Waals surface area (Å²) < 4.78 is 54.8. The summed E-state index contributed by atoms with van der Waals surface area (Å²) in [6.45, 7) is 2.19. The largest absolute Gasteiger partial charge is 0.419 e. The summed E-state index contributed by atoms with van der Waals surface area (Å²) >= 11 is 0. The zero-order chi connectivity index (χ0) is 23.8. The number of rotatable bonds is 4. The highest BCUT2D eigenvalue weighted by atomic mass is 19.4. The molecule has 1 fully saturated rings. The SMILES string of the molecule is C[C@H](O)C(=O)N1CCC(c2[nH]nc(-c3cccc(C(F)(F)F)c3F)c2-c2ccncn2)CC1. The molecule has 7 nitrogen and oxygen atoms in total. The molecule has 4 rings (SSSR count). The number of piperidine rings is 1. The fourth-order valence-corrected chi connectivity index (χ4v) is 4.13. The lowest BCUT2D eigenvalue weighted by Crippen LogP contribution is -2.42. The number of nitrogens with one attached hydrogen (secondary N) is 1. The van der Waals surface area contributed by atoms with E-state index in [9.17, 15) is 27.5 Å². The molecule has 1 aliphatic heterocycles. The number of nitrogens with zero attached hydrogens (tertiary/aromatic N) is 4. The van der Waals surface area contributed by atoms with Crippen LogP contribution >= 0.6 is 0 Å². The molecule has 3 heterocycles. The van der Waals surface area contributed by atoms with E-state index in [0.29, 0.717) is 48.9 Å². The number of benzene rings is 1. The Kier molecular flexibility index (Phi) is 6.15. The molecular weight excluding hydrogens is 442 g/mol. The Hall–Kier alpha value is -3.34. The molecule has 1 aliphatic rings. The Morgan fingerprint density at radius 1 is 1.24 bits per heavy atom. The van der Waals surface area contributed by atoms with Crippen LogP contribution in [0.25, 0.3) is 22.5 Å². The van der Waals surface area contributed by atoms with Gasteiger partial charge in [0.2, 0.25) is 0 Å². The smallest absolute Gasteiger partial charge is 0.384 e. The van der Waals surface area contributed by atoms with Gasteiger partial charge in [-0.1, -0.05) is 6.07 Å². The lowest BCUT2D eigenvalue weighted by molar-refractivity contribution is -0.140. The normalized spacial score (nSPS) is 16.1. The fraction of sp³-hybridized carbons (Fsp3) is 0.364. The second-order valence-electron chi connectivity index (χ2n) is 7.90. The number of aliphatic hydroxyl groups is 1. The zero-order valence-electron chi connectivity index (χ0n) is 17.6. The van der Waals surface area contributed by atoms with Crippen molar-refractivity contribution < 1.29 is 27.5 Å². The molecule has 11 heteroatoms. The maximum absolute atomic E-state index is 14.9. The highest BCUT2D eigenvalue weighted by molar-refractivity contribution is 5.82.